The largest absolute Gasteiger partial charge is 0.495 e. The fourth-order valence-corrected chi connectivity index (χ4v) is 4.11. The number of aromatic nitrogens is 2. The van der Waals surface area contributed by atoms with Crippen LogP contribution in [0.25, 0.3) is 16.6 Å². The number of halogens is 1. The Morgan fingerprint density at radius 1 is 1.04 bits per heavy atom. The van der Waals surface area contributed by atoms with Crippen LogP contribution in [0.3, 0.4) is 0 Å². The Morgan fingerprint density at radius 2 is 1.79 bits per heavy atom. The van der Waals surface area contributed by atoms with E-state index >= 15 is 0 Å². The van der Waals surface area contributed by atoms with Crippen LogP contribution in [0.1, 0.15) is 5.56 Å². The van der Waals surface area contributed by atoms with Gasteiger partial charge in [-0.05, 0) is 35.9 Å². The molecule has 0 bridgehead atoms. The van der Waals surface area contributed by atoms with Crippen molar-refractivity contribution in [2.75, 3.05) is 7.11 Å². The van der Waals surface area contributed by atoms with E-state index in [1.165, 1.54) is 11.8 Å². The molecule has 0 amide bonds. The second kappa shape index (κ2) is 8.09. The first-order chi connectivity index (χ1) is 13.7. The smallest absolute Gasteiger partial charge is 0.266 e. The Morgan fingerprint density at radius 3 is 2.57 bits per heavy atom. The minimum absolute atomic E-state index is 0.151. The summed E-state index contributed by atoms with van der Waals surface area (Å²) in [7, 11) is 1.59. The predicted molar refractivity (Wildman–Crippen MR) is 115 cm³/mol. The maximum absolute atomic E-state index is 13.4. The summed E-state index contributed by atoms with van der Waals surface area (Å²) in [4.78, 5) is 18.1. The lowest BCUT2D eigenvalue weighted by Crippen LogP contribution is -2.22. The van der Waals surface area contributed by atoms with Gasteiger partial charge in [0.25, 0.3) is 5.56 Å². The molecule has 0 aliphatic rings. The van der Waals surface area contributed by atoms with Gasteiger partial charge in [0.1, 0.15) is 5.75 Å². The van der Waals surface area contributed by atoms with Gasteiger partial charge in [0, 0.05) is 10.8 Å². The minimum atomic E-state index is -0.151. The molecule has 28 heavy (non-hydrogen) atoms. The second-order valence-electron chi connectivity index (χ2n) is 6.14. The third kappa shape index (κ3) is 3.63. The topological polar surface area (TPSA) is 44.1 Å². The van der Waals surface area contributed by atoms with Crippen LogP contribution in [0.5, 0.6) is 5.75 Å². The van der Waals surface area contributed by atoms with Gasteiger partial charge in [0.05, 0.1) is 23.7 Å². The number of nitrogens with zero attached hydrogens (tertiary/aromatic N) is 2. The summed E-state index contributed by atoms with van der Waals surface area (Å²) >= 11 is 7.63. The second-order valence-corrected chi connectivity index (χ2v) is 7.52. The van der Waals surface area contributed by atoms with E-state index in [1.807, 2.05) is 42.5 Å². The van der Waals surface area contributed by atoms with Gasteiger partial charge in [-0.2, -0.15) is 0 Å². The van der Waals surface area contributed by atoms with Crippen molar-refractivity contribution in [1.29, 1.82) is 0 Å². The molecular weight excluding hydrogens is 392 g/mol. The maximum atomic E-state index is 13.4. The molecule has 6 heteroatoms. The van der Waals surface area contributed by atoms with Gasteiger partial charge in [-0.1, -0.05) is 65.8 Å². The number of benzene rings is 3. The van der Waals surface area contributed by atoms with E-state index < -0.39 is 0 Å². The third-order valence-electron chi connectivity index (χ3n) is 4.34. The maximum Gasteiger partial charge on any atom is 0.266 e. The molecular formula is C22H17ClN2O2S. The van der Waals surface area contributed by atoms with Gasteiger partial charge in [-0.3, -0.25) is 9.36 Å². The highest BCUT2D eigenvalue weighted by molar-refractivity contribution is 7.98. The first-order valence-electron chi connectivity index (χ1n) is 8.70. The molecule has 0 unspecified atom stereocenters. The van der Waals surface area contributed by atoms with E-state index in [1.54, 1.807) is 29.9 Å². The van der Waals surface area contributed by atoms with E-state index in [4.69, 9.17) is 21.3 Å². The lowest BCUT2D eigenvalue weighted by Gasteiger charge is -2.15. The van der Waals surface area contributed by atoms with Crippen LogP contribution in [-0.2, 0) is 5.75 Å². The van der Waals surface area contributed by atoms with Crippen molar-refractivity contribution < 1.29 is 4.74 Å². The highest BCUT2D eigenvalue weighted by atomic mass is 35.5. The van der Waals surface area contributed by atoms with Crippen molar-refractivity contribution in [2.24, 2.45) is 0 Å². The Kier molecular flexibility index (Phi) is 5.37. The molecule has 4 rings (SSSR count). The summed E-state index contributed by atoms with van der Waals surface area (Å²) in [6, 6.07) is 22.7. The number of ether oxygens (including phenoxy) is 1. The molecule has 0 aliphatic carbocycles. The molecule has 4 nitrogen and oxygen atoms in total. The molecule has 0 radical (unpaired) electrons. The van der Waals surface area contributed by atoms with Crippen LogP contribution in [0.2, 0.25) is 5.02 Å². The summed E-state index contributed by atoms with van der Waals surface area (Å²) in [5.41, 5.74) is 2.25. The van der Waals surface area contributed by atoms with Gasteiger partial charge in [-0.15, -0.1) is 0 Å². The van der Waals surface area contributed by atoms with Crippen LogP contribution >= 0.6 is 23.4 Å². The zero-order chi connectivity index (χ0) is 19.5. The Bertz CT molecular complexity index is 1190. The normalized spacial score (nSPS) is 10.9. The lowest BCUT2D eigenvalue weighted by molar-refractivity contribution is 0.411. The molecule has 0 fully saturated rings. The zero-order valence-electron chi connectivity index (χ0n) is 15.1. The first kappa shape index (κ1) is 18.6. The molecule has 4 aromatic rings. The van der Waals surface area contributed by atoms with E-state index in [2.05, 4.69) is 12.1 Å². The molecule has 1 aromatic heterocycles. The highest BCUT2D eigenvalue weighted by Crippen LogP contribution is 2.29. The molecule has 0 saturated heterocycles. The summed E-state index contributed by atoms with van der Waals surface area (Å²) in [5, 5.41) is 1.65. The van der Waals surface area contributed by atoms with Crippen molar-refractivity contribution in [2.45, 2.75) is 10.9 Å². The Balaban J connectivity index is 1.91. The Labute approximate surface area is 171 Å². The number of fused-ring (bicyclic) bond motifs is 1. The number of para-hydroxylation sites is 2. The average molecular weight is 409 g/mol. The Hall–Kier alpha value is -2.76. The van der Waals surface area contributed by atoms with Crippen molar-refractivity contribution in [3.05, 3.63) is 93.7 Å². The fourth-order valence-electron chi connectivity index (χ4n) is 2.98. The lowest BCUT2D eigenvalue weighted by atomic mass is 10.2. The van der Waals surface area contributed by atoms with Gasteiger partial charge in [0.2, 0.25) is 0 Å². The van der Waals surface area contributed by atoms with E-state index in [0.29, 0.717) is 38.3 Å². The van der Waals surface area contributed by atoms with Crippen LogP contribution in [-0.4, -0.2) is 16.7 Å². The van der Waals surface area contributed by atoms with Crippen molar-refractivity contribution in [3.8, 4) is 11.4 Å². The zero-order valence-corrected chi connectivity index (χ0v) is 16.7. The van der Waals surface area contributed by atoms with Crippen molar-refractivity contribution in [3.63, 3.8) is 0 Å². The monoisotopic (exact) mass is 408 g/mol. The van der Waals surface area contributed by atoms with Crippen LogP contribution in [0.4, 0.5) is 0 Å². The van der Waals surface area contributed by atoms with Gasteiger partial charge >= 0.3 is 0 Å². The minimum Gasteiger partial charge on any atom is -0.495 e. The molecule has 1 heterocycles. The molecule has 3 aromatic carbocycles. The van der Waals surface area contributed by atoms with E-state index in [-0.39, 0.29) is 5.56 Å². The predicted octanol–water partition coefficient (Wildman–Crippen LogP) is 5.34. The summed E-state index contributed by atoms with van der Waals surface area (Å²) in [6.45, 7) is 0. The van der Waals surface area contributed by atoms with Gasteiger partial charge < -0.3 is 4.74 Å². The molecule has 0 N–H and O–H groups in total. The molecule has 140 valence electrons. The average Bonchev–Trinajstić information content (AvgIpc) is 2.73. The summed E-state index contributed by atoms with van der Waals surface area (Å²) < 4.78 is 7.10. The number of hydrogen-bond acceptors (Lipinski definition) is 4. The van der Waals surface area contributed by atoms with Crippen molar-refractivity contribution >= 4 is 34.3 Å². The standard InChI is InChI=1S/C22H17ClN2O2S/c1-27-20-10-6-5-9-19(20)25-21(26)17-12-11-16(23)13-18(17)24-22(25)28-14-15-7-3-2-4-8-15/h2-13H,14H2,1H3. The SMILES string of the molecule is COc1ccccc1-n1c(SCc2ccccc2)nc2cc(Cl)ccc2c1=O. The fraction of sp³-hybridized carbons (Fsp3) is 0.0909. The van der Waals surface area contributed by atoms with Crippen molar-refractivity contribution in [1.82, 2.24) is 9.55 Å². The quantitative estimate of drug-likeness (QED) is 0.330. The summed E-state index contributed by atoms with van der Waals surface area (Å²) in [6.07, 6.45) is 0. The summed E-state index contributed by atoms with van der Waals surface area (Å²) in [5.74, 6) is 1.30. The molecule has 0 spiro atoms. The van der Waals surface area contributed by atoms with Gasteiger partial charge in [0.15, 0.2) is 5.16 Å². The molecule has 0 atom stereocenters. The van der Waals surface area contributed by atoms with Gasteiger partial charge in [-0.25, -0.2) is 4.98 Å². The van der Waals surface area contributed by atoms with E-state index in [9.17, 15) is 4.79 Å². The highest BCUT2D eigenvalue weighted by Gasteiger charge is 2.16. The molecule has 0 aliphatic heterocycles. The number of rotatable bonds is 5. The van der Waals surface area contributed by atoms with Crippen LogP contribution in [0.15, 0.2) is 82.7 Å². The number of hydrogen-bond donors (Lipinski definition) is 0. The van der Waals surface area contributed by atoms with E-state index in [0.717, 1.165) is 5.56 Å². The first-order valence-corrected chi connectivity index (χ1v) is 10.1. The third-order valence-corrected chi connectivity index (χ3v) is 5.58. The van der Waals surface area contributed by atoms with Crippen LogP contribution < -0.4 is 10.3 Å². The molecule has 0 saturated carbocycles. The van der Waals surface area contributed by atoms with Crippen LogP contribution in [0, 0.1) is 0 Å². The number of methoxy groups -OCH3 is 1. The number of thioether (sulfide) groups is 1.